The predicted octanol–water partition coefficient (Wildman–Crippen LogP) is 5.41. The van der Waals surface area contributed by atoms with Gasteiger partial charge < -0.3 is 9.64 Å². The zero-order valence-corrected chi connectivity index (χ0v) is 19.4. The highest BCUT2D eigenvalue weighted by atomic mass is 19.4. The summed E-state index contributed by atoms with van der Waals surface area (Å²) in [7, 11) is 0. The highest BCUT2D eigenvalue weighted by molar-refractivity contribution is 5.78. The monoisotopic (exact) mass is 470 g/mol. The smallest absolute Gasteiger partial charge is 0.353 e. The fraction of sp³-hybridized carbons (Fsp3) is 0.720. The molecule has 3 aliphatic rings. The maximum Gasteiger partial charge on any atom is 0.416 e. The molecule has 1 saturated carbocycles. The molecule has 0 N–H and O–H groups in total. The van der Waals surface area contributed by atoms with Gasteiger partial charge in [-0.05, 0) is 55.7 Å². The average Bonchev–Trinajstić information content (AvgIpc) is 3.17. The SMILES string of the molecule is CC(C)[C@H]1CO[C@]23CC[C@H](N(CCCF)Cc4ccc(C(F)(F)F)cc4)C[C@H]2CCC(=O)N13. The van der Waals surface area contributed by atoms with Crippen molar-refractivity contribution in [3.05, 3.63) is 35.4 Å². The average molecular weight is 471 g/mol. The molecule has 0 aromatic heterocycles. The van der Waals surface area contributed by atoms with E-state index in [1.165, 1.54) is 12.1 Å². The van der Waals surface area contributed by atoms with Crippen LogP contribution in [0.5, 0.6) is 0 Å². The third-order valence-corrected chi connectivity index (χ3v) is 7.78. The number of hydrogen-bond acceptors (Lipinski definition) is 3. The van der Waals surface area contributed by atoms with Gasteiger partial charge >= 0.3 is 6.18 Å². The highest BCUT2D eigenvalue weighted by Crippen LogP contribution is 2.51. The molecule has 2 aliphatic heterocycles. The van der Waals surface area contributed by atoms with Crippen LogP contribution in [0.15, 0.2) is 24.3 Å². The Kier molecular flexibility index (Phi) is 7.06. The minimum Gasteiger partial charge on any atom is -0.353 e. The Bertz CT molecular complexity index is 829. The number of benzene rings is 1. The number of amides is 1. The number of ether oxygens (including phenoxy) is 1. The minimum absolute atomic E-state index is 0.103. The van der Waals surface area contributed by atoms with Crippen LogP contribution in [0.25, 0.3) is 0 Å². The van der Waals surface area contributed by atoms with E-state index in [4.69, 9.17) is 4.74 Å². The molecule has 3 fully saturated rings. The van der Waals surface area contributed by atoms with Gasteiger partial charge in [-0.3, -0.25) is 14.1 Å². The second-order valence-electron chi connectivity index (χ2n) is 10.1. The lowest BCUT2D eigenvalue weighted by molar-refractivity contribution is -0.191. The summed E-state index contributed by atoms with van der Waals surface area (Å²) in [5, 5.41) is 0. The molecule has 4 rings (SSSR count). The zero-order valence-electron chi connectivity index (χ0n) is 19.4. The van der Waals surface area contributed by atoms with Gasteiger partial charge in [0.2, 0.25) is 5.91 Å². The largest absolute Gasteiger partial charge is 0.416 e. The number of halogens is 4. The third-order valence-electron chi connectivity index (χ3n) is 7.78. The fourth-order valence-electron chi connectivity index (χ4n) is 6.04. The molecule has 0 radical (unpaired) electrons. The van der Waals surface area contributed by atoms with Crippen LogP contribution in [-0.2, 0) is 22.3 Å². The molecule has 1 amide bonds. The van der Waals surface area contributed by atoms with Gasteiger partial charge in [-0.15, -0.1) is 0 Å². The van der Waals surface area contributed by atoms with E-state index in [-0.39, 0.29) is 23.9 Å². The van der Waals surface area contributed by atoms with Gasteiger partial charge in [-0.1, -0.05) is 26.0 Å². The Morgan fingerprint density at radius 3 is 2.58 bits per heavy atom. The van der Waals surface area contributed by atoms with Gasteiger partial charge in [0.25, 0.3) is 0 Å². The second-order valence-corrected chi connectivity index (χ2v) is 10.1. The van der Waals surface area contributed by atoms with Crippen LogP contribution in [0.4, 0.5) is 17.6 Å². The fourth-order valence-corrected chi connectivity index (χ4v) is 6.04. The standard InChI is InChI=1S/C25H34F4N2O2/c1-17(2)22-16-33-24-11-10-21(14-20(24)8-9-23(32)31(22)24)30(13-3-12-26)15-18-4-6-19(7-5-18)25(27,28)29/h4-7,17,20-22H,3,8-16H2,1-2H3/t20-,21+,22-,24-/m1/s1. The second kappa shape index (κ2) is 9.53. The quantitative estimate of drug-likeness (QED) is 0.500. The molecule has 33 heavy (non-hydrogen) atoms. The molecule has 2 saturated heterocycles. The molecule has 1 aromatic rings. The molecule has 8 heteroatoms. The van der Waals surface area contributed by atoms with E-state index >= 15 is 0 Å². The zero-order chi connectivity index (χ0) is 23.8. The van der Waals surface area contributed by atoms with Crippen LogP contribution in [-0.4, -0.2) is 53.3 Å². The molecular formula is C25H34F4N2O2. The minimum atomic E-state index is -4.36. The van der Waals surface area contributed by atoms with Crippen LogP contribution in [0.3, 0.4) is 0 Å². The lowest BCUT2D eigenvalue weighted by Gasteiger charge is -2.53. The normalized spacial score (nSPS) is 30.1. The first-order chi connectivity index (χ1) is 15.7. The van der Waals surface area contributed by atoms with Crippen molar-refractivity contribution in [1.82, 2.24) is 9.80 Å². The topological polar surface area (TPSA) is 32.8 Å². The molecule has 0 bridgehead atoms. The number of carbonyl (C=O) groups excluding carboxylic acids is 1. The van der Waals surface area contributed by atoms with Gasteiger partial charge in [0.05, 0.1) is 24.9 Å². The Morgan fingerprint density at radius 2 is 1.94 bits per heavy atom. The molecule has 4 nitrogen and oxygen atoms in total. The van der Waals surface area contributed by atoms with Crippen LogP contribution >= 0.6 is 0 Å². The molecule has 2 heterocycles. The molecule has 1 spiro atoms. The van der Waals surface area contributed by atoms with E-state index in [0.717, 1.165) is 43.4 Å². The molecule has 1 aliphatic carbocycles. The van der Waals surface area contributed by atoms with Crippen molar-refractivity contribution >= 4 is 5.91 Å². The number of nitrogens with zero attached hydrogens (tertiary/aromatic N) is 2. The first-order valence-electron chi connectivity index (χ1n) is 12.1. The number of carbonyl (C=O) groups is 1. The van der Waals surface area contributed by atoms with Crippen molar-refractivity contribution in [1.29, 1.82) is 0 Å². The first kappa shape index (κ1) is 24.5. The van der Waals surface area contributed by atoms with Gasteiger partial charge in [-0.25, -0.2) is 0 Å². The summed E-state index contributed by atoms with van der Waals surface area (Å²) < 4.78 is 58.2. The summed E-state index contributed by atoms with van der Waals surface area (Å²) in [5.41, 5.74) is -0.397. The molecule has 1 aromatic carbocycles. The highest BCUT2D eigenvalue weighted by Gasteiger charge is 2.59. The Labute approximate surface area is 193 Å². The van der Waals surface area contributed by atoms with E-state index in [1.807, 2.05) is 4.90 Å². The Balaban J connectivity index is 1.50. The number of rotatable bonds is 7. The summed E-state index contributed by atoms with van der Waals surface area (Å²) in [5.74, 6) is 0.726. The predicted molar refractivity (Wildman–Crippen MR) is 117 cm³/mol. The molecule has 184 valence electrons. The van der Waals surface area contributed by atoms with Crippen LogP contribution in [0.1, 0.15) is 63.5 Å². The van der Waals surface area contributed by atoms with Crippen LogP contribution in [0, 0.1) is 11.8 Å². The van der Waals surface area contributed by atoms with E-state index in [9.17, 15) is 22.4 Å². The van der Waals surface area contributed by atoms with Gasteiger partial charge in [-0.2, -0.15) is 13.2 Å². The van der Waals surface area contributed by atoms with Crippen LogP contribution < -0.4 is 0 Å². The lowest BCUT2D eigenvalue weighted by atomic mass is 9.72. The Morgan fingerprint density at radius 1 is 1.21 bits per heavy atom. The molecule has 0 unspecified atom stereocenters. The number of piperidine rings is 1. The summed E-state index contributed by atoms with van der Waals surface area (Å²) in [4.78, 5) is 17.1. The van der Waals surface area contributed by atoms with Crippen molar-refractivity contribution < 1.29 is 27.1 Å². The summed E-state index contributed by atoms with van der Waals surface area (Å²) in [6.07, 6.45) is -0.244. The summed E-state index contributed by atoms with van der Waals surface area (Å²) in [6, 6.07) is 5.55. The molecule has 4 atom stereocenters. The van der Waals surface area contributed by atoms with E-state index in [0.29, 0.717) is 38.5 Å². The van der Waals surface area contributed by atoms with Crippen molar-refractivity contribution in [2.45, 2.75) is 82.9 Å². The van der Waals surface area contributed by atoms with Crippen molar-refractivity contribution in [3.63, 3.8) is 0 Å². The van der Waals surface area contributed by atoms with E-state index < -0.39 is 24.1 Å². The molecular weight excluding hydrogens is 436 g/mol. The van der Waals surface area contributed by atoms with E-state index in [1.54, 1.807) is 0 Å². The van der Waals surface area contributed by atoms with Crippen molar-refractivity contribution in [2.75, 3.05) is 19.8 Å². The summed E-state index contributed by atoms with van der Waals surface area (Å²) in [6.45, 7) is 5.43. The van der Waals surface area contributed by atoms with Crippen molar-refractivity contribution in [2.24, 2.45) is 11.8 Å². The summed E-state index contributed by atoms with van der Waals surface area (Å²) >= 11 is 0. The van der Waals surface area contributed by atoms with Crippen molar-refractivity contribution in [3.8, 4) is 0 Å². The lowest BCUT2D eigenvalue weighted by Crippen LogP contribution is -2.63. The third kappa shape index (κ3) is 4.78. The number of alkyl halides is 4. The van der Waals surface area contributed by atoms with Gasteiger partial charge in [0.1, 0.15) is 5.72 Å². The first-order valence-corrected chi connectivity index (χ1v) is 12.1. The Hall–Kier alpha value is -1.67. The maximum absolute atomic E-state index is 13.0. The van der Waals surface area contributed by atoms with E-state index in [2.05, 4.69) is 18.7 Å². The number of hydrogen-bond donors (Lipinski definition) is 0. The van der Waals surface area contributed by atoms with Gasteiger partial charge in [0, 0.05) is 31.5 Å². The maximum atomic E-state index is 13.0. The van der Waals surface area contributed by atoms with Crippen LogP contribution in [0.2, 0.25) is 0 Å². The van der Waals surface area contributed by atoms with Gasteiger partial charge in [0.15, 0.2) is 0 Å².